The molecule has 0 fully saturated rings. The summed E-state index contributed by atoms with van der Waals surface area (Å²) in [5.41, 5.74) is 3.26. The summed E-state index contributed by atoms with van der Waals surface area (Å²) in [4.78, 5) is 0. The molecule has 0 aliphatic rings. The van der Waals surface area contributed by atoms with Crippen molar-refractivity contribution in [1.29, 1.82) is 0 Å². The second-order valence-electron chi connectivity index (χ2n) is 6.92. The quantitative estimate of drug-likeness (QED) is 0.540. The molecule has 2 rings (SSSR count). The first-order valence-electron chi connectivity index (χ1n) is 8.36. The zero-order valence-corrected chi connectivity index (χ0v) is 16.0. The van der Waals surface area contributed by atoms with E-state index in [9.17, 15) is 8.76 Å². The molecule has 0 radical (unpaired) electrons. The lowest BCUT2D eigenvalue weighted by Gasteiger charge is -2.22. The summed E-state index contributed by atoms with van der Waals surface area (Å²) in [5, 5.41) is 0. The molecule has 138 valence electrons. The zero-order chi connectivity index (χ0) is 19.2. The highest BCUT2D eigenvalue weighted by atomic mass is 32.2. The lowest BCUT2D eigenvalue weighted by molar-refractivity contribution is 0.204. The summed E-state index contributed by atoms with van der Waals surface area (Å²) in [5.74, 6) is 3.02. The lowest BCUT2D eigenvalue weighted by atomic mass is 9.85. The van der Waals surface area contributed by atoms with E-state index in [2.05, 4.69) is 36.9 Å². The molecular weight excluding hydrogens is 348 g/mol. The van der Waals surface area contributed by atoms with Crippen molar-refractivity contribution in [3.63, 3.8) is 0 Å². The maximum atomic E-state index is 10.6. The first-order chi connectivity index (χ1) is 12.3. The van der Waals surface area contributed by atoms with Crippen LogP contribution in [0.1, 0.15) is 32.8 Å². The summed E-state index contributed by atoms with van der Waals surface area (Å²) < 4.78 is 31.7. The molecule has 0 heterocycles. The fourth-order valence-corrected chi connectivity index (χ4v) is 2.84. The van der Waals surface area contributed by atoms with Gasteiger partial charge in [0.1, 0.15) is 11.9 Å². The van der Waals surface area contributed by atoms with Crippen LogP contribution in [0.3, 0.4) is 0 Å². The molecular formula is C21H23O4S-. The van der Waals surface area contributed by atoms with Gasteiger partial charge in [-0.05, 0) is 28.7 Å². The number of benzene rings is 2. The van der Waals surface area contributed by atoms with Crippen molar-refractivity contribution in [3.05, 3.63) is 54.1 Å². The van der Waals surface area contributed by atoms with Gasteiger partial charge < -0.3 is 9.29 Å². The summed E-state index contributed by atoms with van der Waals surface area (Å²) in [6, 6.07) is 16.1. The summed E-state index contributed by atoms with van der Waals surface area (Å²) in [7, 11) is 0. The Morgan fingerprint density at radius 1 is 1.19 bits per heavy atom. The Morgan fingerprint density at radius 3 is 2.46 bits per heavy atom. The van der Waals surface area contributed by atoms with Gasteiger partial charge in [0.2, 0.25) is 0 Å². The van der Waals surface area contributed by atoms with E-state index in [1.165, 1.54) is 5.56 Å². The Hall–Kier alpha value is -2.13. The fraction of sp³-hybridized carbons (Fsp3) is 0.333. The molecule has 0 amide bonds. The molecule has 0 bridgehead atoms. The van der Waals surface area contributed by atoms with Crippen molar-refractivity contribution in [1.82, 2.24) is 0 Å². The van der Waals surface area contributed by atoms with E-state index in [0.29, 0.717) is 0 Å². The second kappa shape index (κ2) is 9.00. The molecule has 0 aliphatic heterocycles. The third-order valence-corrected chi connectivity index (χ3v) is 4.34. The van der Waals surface area contributed by atoms with Gasteiger partial charge in [-0.1, -0.05) is 63.1 Å². The van der Waals surface area contributed by atoms with Crippen LogP contribution >= 0.6 is 0 Å². The zero-order valence-electron chi connectivity index (χ0n) is 15.2. The molecule has 2 aromatic rings. The molecule has 26 heavy (non-hydrogen) atoms. The normalized spacial score (nSPS) is 13.7. The molecule has 2 atom stereocenters. The molecule has 0 N–H and O–H groups in total. The minimum atomic E-state index is -2.64. The fourth-order valence-electron chi connectivity index (χ4n) is 2.50. The van der Waals surface area contributed by atoms with Crippen LogP contribution in [0.2, 0.25) is 0 Å². The van der Waals surface area contributed by atoms with Crippen molar-refractivity contribution in [2.45, 2.75) is 38.7 Å². The van der Waals surface area contributed by atoms with Crippen molar-refractivity contribution < 1.29 is 17.7 Å². The minimum absolute atomic E-state index is 0.0165. The predicted octanol–water partition coefficient (Wildman–Crippen LogP) is 4.23. The Labute approximate surface area is 158 Å². The van der Waals surface area contributed by atoms with Crippen molar-refractivity contribution in [2.75, 3.05) is 6.61 Å². The minimum Gasteiger partial charge on any atom is -0.750 e. The van der Waals surface area contributed by atoms with Gasteiger partial charge in [-0.3, -0.25) is 4.18 Å². The van der Waals surface area contributed by atoms with Gasteiger partial charge in [-0.2, -0.15) is 0 Å². The standard InChI is InChI=1S/C21H24O4S/c1-5-18(25-26(22)23)13-14-24-20-12-11-17(21(2,3)4)15-19(20)16-9-7-6-8-10-16/h1,6-12,15,18H,13-14H2,2-4H3,(H,22,23)/p-1. The average molecular weight is 371 g/mol. The molecule has 2 unspecified atom stereocenters. The van der Waals surface area contributed by atoms with Crippen LogP contribution < -0.4 is 4.74 Å². The molecule has 5 heteroatoms. The van der Waals surface area contributed by atoms with Crippen LogP contribution in [0.25, 0.3) is 11.1 Å². The Morgan fingerprint density at radius 2 is 1.88 bits per heavy atom. The lowest BCUT2D eigenvalue weighted by Crippen LogP contribution is -2.16. The van der Waals surface area contributed by atoms with Crippen LogP contribution in [0.15, 0.2) is 48.5 Å². The van der Waals surface area contributed by atoms with Crippen LogP contribution in [0, 0.1) is 12.3 Å². The van der Waals surface area contributed by atoms with Crippen LogP contribution in [0.5, 0.6) is 5.75 Å². The number of hydrogen-bond acceptors (Lipinski definition) is 4. The first kappa shape index (κ1) is 20.2. The Kier molecular flexibility index (Phi) is 6.98. The number of rotatable bonds is 7. The van der Waals surface area contributed by atoms with Crippen LogP contribution in [-0.2, 0) is 21.0 Å². The second-order valence-corrected chi connectivity index (χ2v) is 7.52. The van der Waals surface area contributed by atoms with E-state index >= 15 is 0 Å². The van der Waals surface area contributed by atoms with Crippen molar-refractivity contribution >= 4 is 11.4 Å². The molecule has 0 saturated carbocycles. The van der Waals surface area contributed by atoms with E-state index in [0.717, 1.165) is 16.9 Å². The van der Waals surface area contributed by atoms with E-state index in [1.54, 1.807) is 0 Å². The molecule has 2 aromatic carbocycles. The van der Waals surface area contributed by atoms with E-state index in [1.807, 2.05) is 42.5 Å². The van der Waals surface area contributed by atoms with Gasteiger partial charge >= 0.3 is 0 Å². The maximum absolute atomic E-state index is 10.6. The molecule has 0 saturated heterocycles. The van der Waals surface area contributed by atoms with Gasteiger partial charge in [0, 0.05) is 12.0 Å². The summed E-state index contributed by atoms with van der Waals surface area (Å²) in [6.45, 7) is 6.74. The molecule has 0 aliphatic carbocycles. The third-order valence-electron chi connectivity index (χ3n) is 3.95. The third kappa shape index (κ3) is 5.70. The van der Waals surface area contributed by atoms with E-state index < -0.39 is 17.5 Å². The van der Waals surface area contributed by atoms with Gasteiger partial charge in [-0.15, -0.1) is 6.42 Å². The maximum Gasteiger partial charge on any atom is 0.137 e. The van der Waals surface area contributed by atoms with E-state index in [-0.39, 0.29) is 18.4 Å². The van der Waals surface area contributed by atoms with E-state index in [4.69, 9.17) is 11.2 Å². The highest BCUT2D eigenvalue weighted by Gasteiger charge is 2.17. The SMILES string of the molecule is C#CC(CCOc1ccc(C(C)(C)C)cc1-c1ccccc1)OS(=O)[O-]. The number of hydrogen-bond donors (Lipinski definition) is 0. The molecule has 4 nitrogen and oxygen atoms in total. The smallest absolute Gasteiger partial charge is 0.137 e. The largest absolute Gasteiger partial charge is 0.750 e. The Bertz CT molecular complexity index is 788. The molecule has 0 spiro atoms. The van der Waals surface area contributed by atoms with Gasteiger partial charge in [0.25, 0.3) is 0 Å². The van der Waals surface area contributed by atoms with Crippen LogP contribution in [0.4, 0.5) is 0 Å². The highest BCUT2D eigenvalue weighted by Crippen LogP contribution is 2.34. The first-order valence-corrected chi connectivity index (χ1v) is 9.36. The summed E-state index contributed by atoms with van der Waals surface area (Å²) in [6.07, 6.45) is 4.73. The highest BCUT2D eigenvalue weighted by molar-refractivity contribution is 7.74. The van der Waals surface area contributed by atoms with Gasteiger partial charge in [0.05, 0.1) is 18.0 Å². The predicted molar refractivity (Wildman–Crippen MR) is 103 cm³/mol. The summed E-state index contributed by atoms with van der Waals surface area (Å²) >= 11 is -2.64. The van der Waals surface area contributed by atoms with Crippen molar-refractivity contribution in [2.24, 2.45) is 0 Å². The Balaban J connectivity index is 2.22. The topological polar surface area (TPSA) is 58.6 Å². The van der Waals surface area contributed by atoms with Crippen molar-refractivity contribution in [3.8, 4) is 29.2 Å². The van der Waals surface area contributed by atoms with Gasteiger partial charge in [-0.25, -0.2) is 4.21 Å². The average Bonchev–Trinajstić information content (AvgIpc) is 2.60. The molecule has 0 aromatic heterocycles. The number of ether oxygens (including phenoxy) is 1. The van der Waals surface area contributed by atoms with Gasteiger partial charge in [0.15, 0.2) is 0 Å². The number of terminal acetylenes is 1. The monoisotopic (exact) mass is 371 g/mol. The van der Waals surface area contributed by atoms with Crippen LogP contribution in [-0.4, -0.2) is 21.5 Å².